The van der Waals surface area contributed by atoms with E-state index in [2.05, 4.69) is 10.6 Å². The lowest BCUT2D eigenvalue weighted by Crippen LogP contribution is -2.45. The zero-order valence-electron chi connectivity index (χ0n) is 14.1. The Morgan fingerprint density at radius 2 is 1.80 bits per heavy atom. The molecular weight excluding hydrogens is 320 g/mol. The molecule has 130 valence electrons. The van der Waals surface area contributed by atoms with Crippen LogP contribution in [-0.2, 0) is 4.79 Å². The van der Waals surface area contributed by atoms with Crippen molar-refractivity contribution in [3.63, 3.8) is 0 Å². The van der Waals surface area contributed by atoms with Gasteiger partial charge in [0.05, 0.1) is 0 Å². The van der Waals surface area contributed by atoms with E-state index in [4.69, 9.17) is 9.52 Å². The van der Waals surface area contributed by atoms with E-state index in [-0.39, 0.29) is 12.5 Å². The Labute approximate surface area is 144 Å². The molecule has 6 heteroatoms. The molecule has 0 unspecified atom stereocenters. The molecule has 0 bridgehead atoms. The summed E-state index contributed by atoms with van der Waals surface area (Å²) in [6, 6.07) is 12.9. The average Bonchev–Trinajstić information content (AvgIpc) is 2.90. The largest absolute Gasteiger partial charge is 0.481 e. The summed E-state index contributed by atoms with van der Waals surface area (Å²) in [6.45, 7) is 3.58. The van der Waals surface area contributed by atoms with Gasteiger partial charge in [-0.15, -0.1) is 0 Å². The van der Waals surface area contributed by atoms with Gasteiger partial charge in [-0.1, -0.05) is 18.2 Å². The molecule has 0 fully saturated rings. The van der Waals surface area contributed by atoms with E-state index < -0.39 is 11.5 Å². The molecule has 2 aromatic carbocycles. The van der Waals surface area contributed by atoms with Crippen molar-refractivity contribution >= 4 is 39.6 Å². The summed E-state index contributed by atoms with van der Waals surface area (Å²) in [4.78, 5) is 22.9. The summed E-state index contributed by atoms with van der Waals surface area (Å²) in [7, 11) is 0. The molecule has 3 N–H and O–H groups in total. The van der Waals surface area contributed by atoms with Crippen LogP contribution in [0.15, 0.2) is 46.9 Å². The van der Waals surface area contributed by atoms with E-state index >= 15 is 0 Å². The van der Waals surface area contributed by atoms with Gasteiger partial charge in [0, 0.05) is 34.5 Å². The lowest BCUT2D eigenvalue weighted by atomic mass is 9.99. The number of hydrogen-bond acceptors (Lipinski definition) is 3. The monoisotopic (exact) mass is 340 g/mol. The fourth-order valence-corrected chi connectivity index (χ4v) is 2.76. The van der Waals surface area contributed by atoms with Crippen LogP contribution in [0.25, 0.3) is 21.9 Å². The summed E-state index contributed by atoms with van der Waals surface area (Å²) in [5.74, 6) is -0.884. The summed E-state index contributed by atoms with van der Waals surface area (Å²) >= 11 is 0. The summed E-state index contributed by atoms with van der Waals surface area (Å²) in [5, 5.41) is 16.3. The van der Waals surface area contributed by atoms with Crippen molar-refractivity contribution in [3.05, 3.63) is 42.5 Å². The van der Waals surface area contributed by atoms with Crippen molar-refractivity contribution in [2.75, 3.05) is 5.32 Å². The molecule has 6 nitrogen and oxygen atoms in total. The standard InChI is InChI=1S/C19H20N2O4/c1-19(2,10-9-17(22)23)21-18(24)20-12-7-8-14-13-5-3-4-6-15(13)25-16(14)11-12/h3-8,11H,9-10H2,1-2H3,(H,22,23)(H2,20,21,24). The van der Waals surface area contributed by atoms with Crippen LogP contribution >= 0.6 is 0 Å². The molecule has 3 aromatic rings. The molecule has 3 rings (SSSR count). The predicted octanol–water partition coefficient (Wildman–Crippen LogP) is 4.35. The highest BCUT2D eigenvalue weighted by atomic mass is 16.4. The van der Waals surface area contributed by atoms with Crippen LogP contribution < -0.4 is 10.6 Å². The van der Waals surface area contributed by atoms with Crippen LogP contribution in [0.3, 0.4) is 0 Å². The first-order valence-corrected chi connectivity index (χ1v) is 8.06. The van der Waals surface area contributed by atoms with Crippen molar-refractivity contribution in [2.24, 2.45) is 0 Å². The summed E-state index contributed by atoms with van der Waals surface area (Å²) in [6.07, 6.45) is 0.344. The zero-order chi connectivity index (χ0) is 18.0. The second-order valence-corrected chi connectivity index (χ2v) is 6.67. The smallest absolute Gasteiger partial charge is 0.319 e. The number of hydrogen-bond donors (Lipinski definition) is 3. The highest BCUT2D eigenvalue weighted by molar-refractivity contribution is 6.06. The highest BCUT2D eigenvalue weighted by Gasteiger charge is 2.21. The zero-order valence-corrected chi connectivity index (χ0v) is 14.1. The Morgan fingerprint density at radius 3 is 2.56 bits per heavy atom. The van der Waals surface area contributed by atoms with E-state index in [0.29, 0.717) is 17.7 Å². The maximum absolute atomic E-state index is 12.2. The van der Waals surface area contributed by atoms with E-state index in [1.54, 1.807) is 19.9 Å². The fraction of sp³-hybridized carbons (Fsp3) is 0.263. The van der Waals surface area contributed by atoms with Gasteiger partial charge >= 0.3 is 12.0 Å². The molecule has 0 saturated carbocycles. The lowest BCUT2D eigenvalue weighted by Gasteiger charge is -2.25. The number of benzene rings is 2. The molecular formula is C19H20N2O4. The van der Waals surface area contributed by atoms with Gasteiger partial charge in [0.2, 0.25) is 0 Å². The van der Waals surface area contributed by atoms with Crippen molar-refractivity contribution in [3.8, 4) is 0 Å². The number of carbonyl (C=O) groups excluding carboxylic acids is 1. The van der Waals surface area contributed by atoms with Crippen LogP contribution in [0, 0.1) is 0 Å². The van der Waals surface area contributed by atoms with E-state index in [1.165, 1.54) is 0 Å². The number of anilines is 1. The van der Waals surface area contributed by atoms with Crippen LogP contribution in [0.5, 0.6) is 0 Å². The molecule has 0 radical (unpaired) electrons. The van der Waals surface area contributed by atoms with E-state index in [1.807, 2.05) is 36.4 Å². The van der Waals surface area contributed by atoms with Crippen LogP contribution in [0.1, 0.15) is 26.7 Å². The number of aliphatic carboxylic acids is 1. The minimum Gasteiger partial charge on any atom is -0.481 e. The molecule has 0 saturated heterocycles. The van der Waals surface area contributed by atoms with E-state index in [0.717, 1.165) is 16.4 Å². The van der Waals surface area contributed by atoms with Gasteiger partial charge in [-0.25, -0.2) is 4.79 Å². The Kier molecular flexibility index (Phi) is 4.35. The fourth-order valence-electron chi connectivity index (χ4n) is 2.76. The van der Waals surface area contributed by atoms with E-state index in [9.17, 15) is 9.59 Å². The summed E-state index contributed by atoms with van der Waals surface area (Å²) < 4.78 is 5.80. The van der Waals surface area contributed by atoms with Gasteiger partial charge in [0.1, 0.15) is 11.2 Å². The minimum atomic E-state index is -0.884. The number of furan rings is 1. The Bertz CT molecular complexity index is 943. The SMILES string of the molecule is CC(C)(CCC(=O)O)NC(=O)Nc1ccc2c(c1)oc1ccccc12. The van der Waals surface area contributed by atoms with Crippen LogP contribution in [-0.4, -0.2) is 22.6 Å². The first-order valence-electron chi connectivity index (χ1n) is 8.06. The van der Waals surface area contributed by atoms with Crippen molar-refractivity contribution in [1.82, 2.24) is 5.32 Å². The van der Waals surface area contributed by atoms with Gasteiger partial charge in [-0.2, -0.15) is 0 Å². The molecule has 0 spiro atoms. The maximum atomic E-state index is 12.2. The second kappa shape index (κ2) is 6.47. The Morgan fingerprint density at radius 1 is 1.08 bits per heavy atom. The normalized spacial score (nSPS) is 11.6. The van der Waals surface area contributed by atoms with Crippen LogP contribution in [0.2, 0.25) is 0 Å². The molecule has 0 aliphatic carbocycles. The molecule has 0 aliphatic rings. The number of para-hydroxylation sites is 1. The third-order valence-corrected chi connectivity index (χ3v) is 4.05. The topological polar surface area (TPSA) is 91.6 Å². The number of carboxylic acids is 1. The molecule has 0 atom stereocenters. The van der Waals surface area contributed by atoms with Gasteiger partial charge < -0.3 is 20.2 Å². The number of amides is 2. The van der Waals surface area contributed by atoms with Crippen molar-refractivity contribution in [1.29, 1.82) is 0 Å². The first-order chi connectivity index (χ1) is 11.8. The number of nitrogens with one attached hydrogen (secondary N) is 2. The number of rotatable bonds is 5. The van der Waals surface area contributed by atoms with Crippen molar-refractivity contribution < 1.29 is 19.1 Å². The average molecular weight is 340 g/mol. The third-order valence-electron chi connectivity index (χ3n) is 4.05. The highest BCUT2D eigenvalue weighted by Crippen LogP contribution is 2.30. The Hall–Kier alpha value is -3.02. The molecule has 1 heterocycles. The first kappa shape index (κ1) is 16.8. The van der Waals surface area contributed by atoms with Crippen molar-refractivity contribution in [2.45, 2.75) is 32.2 Å². The summed E-state index contributed by atoms with van der Waals surface area (Å²) in [5.41, 5.74) is 1.49. The molecule has 0 aliphatic heterocycles. The second-order valence-electron chi connectivity index (χ2n) is 6.67. The molecule has 2 amide bonds. The third kappa shape index (κ3) is 3.91. The lowest BCUT2D eigenvalue weighted by molar-refractivity contribution is -0.137. The quantitative estimate of drug-likeness (QED) is 0.644. The maximum Gasteiger partial charge on any atom is 0.319 e. The van der Waals surface area contributed by atoms with Gasteiger partial charge in [0.15, 0.2) is 0 Å². The van der Waals surface area contributed by atoms with Gasteiger partial charge in [-0.3, -0.25) is 4.79 Å². The minimum absolute atomic E-state index is 0.00176. The van der Waals surface area contributed by atoms with Gasteiger partial charge in [-0.05, 0) is 38.5 Å². The number of carboxylic acid groups (broad SMARTS) is 1. The molecule has 1 aromatic heterocycles. The predicted molar refractivity (Wildman–Crippen MR) is 96.8 cm³/mol. The molecule has 25 heavy (non-hydrogen) atoms. The number of urea groups is 1. The van der Waals surface area contributed by atoms with Gasteiger partial charge in [0.25, 0.3) is 0 Å². The Balaban J connectivity index is 1.73. The number of carbonyl (C=O) groups is 2. The van der Waals surface area contributed by atoms with Crippen LogP contribution in [0.4, 0.5) is 10.5 Å². The number of fused-ring (bicyclic) bond motifs is 3.